The van der Waals surface area contributed by atoms with E-state index in [9.17, 15) is 4.79 Å². The third kappa shape index (κ3) is 5.06. The van der Waals surface area contributed by atoms with Gasteiger partial charge in [0.1, 0.15) is 5.69 Å². The lowest BCUT2D eigenvalue weighted by atomic mass is 10.2. The zero-order valence-corrected chi connectivity index (χ0v) is 13.8. The summed E-state index contributed by atoms with van der Waals surface area (Å²) in [6.45, 7) is 6.78. The van der Waals surface area contributed by atoms with Crippen LogP contribution < -0.4 is 10.2 Å². The maximum atomic E-state index is 12.1. The Hall–Kier alpha value is -2.43. The van der Waals surface area contributed by atoms with Gasteiger partial charge >= 0.3 is 0 Å². The minimum absolute atomic E-state index is 0.169. The largest absolute Gasteiger partial charge is 0.370 e. The number of hydrogen-bond donors (Lipinski definition) is 1. The van der Waals surface area contributed by atoms with Crippen LogP contribution in [0.5, 0.6) is 0 Å². The van der Waals surface area contributed by atoms with Crippen molar-refractivity contribution < 1.29 is 4.79 Å². The molecule has 0 atom stereocenters. The summed E-state index contributed by atoms with van der Waals surface area (Å²) < 4.78 is 0. The molecule has 0 saturated carbocycles. The molecule has 0 aliphatic carbocycles. The van der Waals surface area contributed by atoms with Gasteiger partial charge in [0, 0.05) is 32.0 Å². The van der Waals surface area contributed by atoms with Gasteiger partial charge in [-0.05, 0) is 36.6 Å². The molecular formula is C18H24N4O. The SMILES string of the molecule is CCCN(CCC)c1ccc(C(=O)NCc2cccnc2)nc1. The van der Waals surface area contributed by atoms with Crippen LogP contribution in [0.2, 0.25) is 0 Å². The van der Waals surface area contributed by atoms with Crippen LogP contribution in [0.1, 0.15) is 42.7 Å². The number of rotatable bonds is 8. The second kappa shape index (κ2) is 8.88. The molecule has 0 aromatic carbocycles. The highest BCUT2D eigenvalue weighted by Gasteiger charge is 2.09. The van der Waals surface area contributed by atoms with Crippen molar-refractivity contribution in [3.05, 3.63) is 54.1 Å². The van der Waals surface area contributed by atoms with Crippen molar-refractivity contribution in [3.8, 4) is 0 Å². The van der Waals surface area contributed by atoms with Crippen LogP contribution in [-0.2, 0) is 6.54 Å². The Balaban J connectivity index is 1.96. The van der Waals surface area contributed by atoms with Crippen LogP contribution in [0.15, 0.2) is 42.9 Å². The van der Waals surface area contributed by atoms with E-state index in [1.54, 1.807) is 24.7 Å². The van der Waals surface area contributed by atoms with Gasteiger partial charge in [-0.1, -0.05) is 19.9 Å². The van der Waals surface area contributed by atoms with Gasteiger partial charge < -0.3 is 10.2 Å². The minimum atomic E-state index is -0.169. The van der Waals surface area contributed by atoms with E-state index in [1.807, 2.05) is 18.2 Å². The number of amides is 1. The van der Waals surface area contributed by atoms with Crippen LogP contribution in [-0.4, -0.2) is 29.0 Å². The van der Waals surface area contributed by atoms with E-state index < -0.39 is 0 Å². The first-order chi connectivity index (χ1) is 11.2. The van der Waals surface area contributed by atoms with Crippen LogP contribution in [0.3, 0.4) is 0 Å². The lowest BCUT2D eigenvalue weighted by Crippen LogP contribution is -2.26. The van der Waals surface area contributed by atoms with E-state index in [0.717, 1.165) is 37.2 Å². The number of hydrogen-bond acceptors (Lipinski definition) is 4. The number of pyridine rings is 2. The lowest BCUT2D eigenvalue weighted by Gasteiger charge is -2.23. The van der Waals surface area contributed by atoms with Crippen LogP contribution in [0.25, 0.3) is 0 Å². The normalized spacial score (nSPS) is 10.3. The summed E-state index contributed by atoms with van der Waals surface area (Å²) in [5, 5.41) is 2.86. The molecule has 1 amide bonds. The summed E-state index contributed by atoms with van der Waals surface area (Å²) in [5.74, 6) is -0.169. The molecule has 0 spiro atoms. The Morgan fingerprint density at radius 2 is 1.91 bits per heavy atom. The molecule has 23 heavy (non-hydrogen) atoms. The Morgan fingerprint density at radius 1 is 1.13 bits per heavy atom. The van der Waals surface area contributed by atoms with Crippen molar-refractivity contribution in [2.75, 3.05) is 18.0 Å². The van der Waals surface area contributed by atoms with E-state index in [-0.39, 0.29) is 5.91 Å². The predicted molar refractivity (Wildman–Crippen MR) is 92.4 cm³/mol. The molecule has 5 nitrogen and oxygen atoms in total. The standard InChI is InChI=1S/C18H24N4O/c1-3-10-22(11-4-2)16-7-8-17(20-14-16)18(23)21-13-15-6-5-9-19-12-15/h5-9,12,14H,3-4,10-11,13H2,1-2H3,(H,21,23). The molecule has 0 unspecified atom stereocenters. The molecule has 1 N–H and O–H groups in total. The summed E-state index contributed by atoms with van der Waals surface area (Å²) in [6, 6.07) is 7.53. The van der Waals surface area contributed by atoms with Gasteiger partial charge in [0.15, 0.2) is 0 Å². The number of aromatic nitrogens is 2. The van der Waals surface area contributed by atoms with Crippen molar-refractivity contribution in [2.45, 2.75) is 33.2 Å². The Morgan fingerprint density at radius 3 is 2.48 bits per heavy atom. The molecule has 122 valence electrons. The Labute approximate surface area is 137 Å². The fourth-order valence-electron chi connectivity index (χ4n) is 2.39. The number of carbonyl (C=O) groups is 1. The number of carbonyl (C=O) groups excluding carboxylic acids is 1. The topological polar surface area (TPSA) is 58.1 Å². The highest BCUT2D eigenvalue weighted by atomic mass is 16.1. The van der Waals surface area contributed by atoms with Crippen molar-refractivity contribution in [2.24, 2.45) is 0 Å². The number of nitrogens with one attached hydrogen (secondary N) is 1. The van der Waals surface area contributed by atoms with E-state index in [0.29, 0.717) is 12.2 Å². The number of anilines is 1. The lowest BCUT2D eigenvalue weighted by molar-refractivity contribution is 0.0946. The zero-order chi connectivity index (χ0) is 16.5. The van der Waals surface area contributed by atoms with Gasteiger partial charge in [-0.2, -0.15) is 0 Å². The first-order valence-corrected chi connectivity index (χ1v) is 8.12. The van der Waals surface area contributed by atoms with Gasteiger partial charge in [0.25, 0.3) is 5.91 Å². The first-order valence-electron chi connectivity index (χ1n) is 8.12. The van der Waals surface area contributed by atoms with Crippen molar-refractivity contribution in [1.82, 2.24) is 15.3 Å². The Kier molecular flexibility index (Phi) is 6.54. The molecule has 0 aliphatic heterocycles. The van der Waals surface area contributed by atoms with E-state index >= 15 is 0 Å². The van der Waals surface area contributed by atoms with Gasteiger partial charge in [0.2, 0.25) is 0 Å². The molecule has 0 fully saturated rings. The summed E-state index contributed by atoms with van der Waals surface area (Å²) in [6.07, 6.45) is 7.42. The third-order valence-electron chi connectivity index (χ3n) is 3.51. The second-order valence-corrected chi connectivity index (χ2v) is 5.43. The molecule has 0 radical (unpaired) electrons. The highest BCUT2D eigenvalue weighted by Crippen LogP contribution is 2.14. The monoisotopic (exact) mass is 312 g/mol. The maximum absolute atomic E-state index is 12.1. The second-order valence-electron chi connectivity index (χ2n) is 5.43. The van der Waals surface area contributed by atoms with E-state index in [4.69, 9.17) is 0 Å². The highest BCUT2D eigenvalue weighted by molar-refractivity contribution is 5.92. The van der Waals surface area contributed by atoms with Crippen LogP contribution in [0.4, 0.5) is 5.69 Å². The quantitative estimate of drug-likeness (QED) is 0.814. The number of nitrogens with zero attached hydrogens (tertiary/aromatic N) is 3. The third-order valence-corrected chi connectivity index (χ3v) is 3.51. The summed E-state index contributed by atoms with van der Waals surface area (Å²) >= 11 is 0. The molecule has 2 rings (SSSR count). The molecule has 0 saturated heterocycles. The van der Waals surface area contributed by atoms with Gasteiger partial charge in [-0.3, -0.25) is 9.78 Å². The van der Waals surface area contributed by atoms with Gasteiger partial charge in [-0.25, -0.2) is 4.98 Å². The van der Waals surface area contributed by atoms with E-state index in [2.05, 4.69) is 34.0 Å². The Bertz CT molecular complexity index is 592. The van der Waals surface area contributed by atoms with Crippen molar-refractivity contribution in [3.63, 3.8) is 0 Å². The van der Waals surface area contributed by atoms with Crippen LogP contribution in [0, 0.1) is 0 Å². The van der Waals surface area contributed by atoms with Crippen LogP contribution >= 0.6 is 0 Å². The fourth-order valence-corrected chi connectivity index (χ4v) is 2.39. The molecule has 2 aromatic heterocycles. The smallest absolute Gasteiger partial charge is 0.270 e. The van der Waals surface area contributed by atoms with Crippen molar-refractivity contribution >= 4 is 11.6 Å². The molecule has 2 aromatic rings. The van der Waals surface area contributed by atoms with Crippen molar-refractivity contribution in [1.29, 1.82) is 0 Å². The van der Waals surface area contributed by atoms with Gasteiger partial charge in [-0.15, -0.1) is 0 Å². The molecule has 2 heterocycles. The average molecular weight is 312 g/mol. The fraction of sp³-hybridized carbons (Fsp3) is 0.389. The maximum Gasteiger partial charge on any atom is 0.270 e. The molecule has 0 aliphatic rings. The zero-order valence-electron chi connectivity index (χ0n) is 13.8. The summed E-state index contributed by atoms with van der Waals surface area (Å²) in [5.41, 5.74) is 2.47. The molecular weight excluding hydrogens is 288 g/mol. The average Bonchev–Trinajstić information content (AvgIpc) is 2.60. The predicted octanol–water partition coefficient (Wildman–Crippen LogP) is 3.03. The summed E-state index contributed by atoms with van der Waals surface area (Å²) in [7, 11) is 0. The summed E-state index contributed by atoms with van der Waals surface area (Å²) in [4.78, 5) is 22.8. The first kappa shape index (κ1) is 16.9. The van der Waals surface area contributed by atoms with E-state index in [1.165, 1.54) is 0 Å². The minimum Gasteiger partial charge on any atom is -0.370 e. The molecule has 0 bridgehead atoms. The van der Waals surface area contributed by atoms with Gasteiger partial charge in [0.05, 0.1) is 11.9 Å². The molecule has 5 heteroatoms.